The molecule has 2 N–H and O–H groups in total. The van der Waals surface area contributed by atoms with Gasteiger partial charge in [-0.2, -0.15) is 0 Å². The number of rotatable bonds is 1. The summed E-state index contributed by atoms with van der Waals surface area (Å²) in [5, 5.41) is 1.75. The van der Waals surface area contributed by atoms with Gasteiger partial charge in [0.2, 0.25) is 0 Å². The van der Waals surface area contributed by atoms with Gasteiger partial charge in [0, 0.05) is 18.5 Å². The number of ether oxygens (including phenoxy) is 1. The van der Waals surface area contributed by atoms with Crippen LogP contribution in [-0.4, -0.2) is 13.2 Å². The maximum absolute atomic E-state index is 8.33. The smallest absolute Gasteiger partial charge is 0.0468 e. The van der Waals surface area contributed by atoms with Crippen molar-refractivity contribution < 1.29 is 4.74 Å². The summed E-state index contributed by atoms with van der Waals surface area (Å²) in [7, 11) is 0. The predicted octanol–water partition coefficient (Wildman–Crippen LogP) is 1.45. The highest BCUT2D eigenvalue weighted by Crippen LogP contribution is 2.16. The quantitative estimate of drug-likeness (QED) is 0.358. The van der Waals surface area contributed by atoms with E-state index in [0.717, 1.165) is 19.1 Å². The lowest BCUT2D eigenvalue weighted by molar-refractivity contribution is 0.0654. The fourth-order valence-corrected chi connectivity index (χ4v) is 1.15. The molecule has 0 unspecified atom stereocenters. The molecule has 0 spiro atoms. The van der Waals surface area contributed by atoms with Crippen LogP contribution in [0, 0.1) is 10.8 Å². The van der Waals surface area contributed by atoms with Crippen molar-refractivity contribution in [2.75, 3.05) is 13.2 Å². The van der Waals surface area contributed by atoms with Gasteiger partial charge in [0.25, 0.3) is 0 Å². The highest BCUT2D eigenvalue weighted by molar-refractivity contribution is 4.60. The third-order valence-electron chi connectivity index (χ3n) is 1.92. The standard InChI is InChI=1S/C7H14O.H2N2O/c1-2-7-3-5-8-6-4-7;1-2-3/h7H,2-6H2,1H3;(H2,1,3). The summed E-state index contributed by atoms with van der Waals surface area (Å²) >= 11 is 0. The Morgan fingerprint density at radius 2 is 2.00 bits per heavy atom. The van der Waals surface area contributed by atoms with Crippen molar-refractivity contribution in [3.05, 3.63) is 4.91 Å². The first-order valence-corrected chi connectivity index (χ1v) is 3.95. The van der Waals surface area contributed by atoms with Gasteiger partial charge >= 0.3 is 0 Å². The summed E-state index contributed by atoms with van der Waals surface area (Å²) < 4.78 is 5.20. The van der Waals surface area contributed by atoms with Crippen molar-refractivity contribution in [1.29, 1.82) is 0 Å². The molecule has 0 aliphatic carbocycles. The van der Waals surface area contributed by atoms with Crippen LogP contribution in [-0.2, 0) is 4.74 Å². The van der Waals surface area contributed by atoms with E-state index in [0.29, 0.717) is 0 Å². The van der Waals surface area contributed by atoms with E-state index in [1.54, 1.807) is 5.29 Å². The maximum Gasteiger partial charge on any atom is 0.0468 e. The Morgan fingerprint density at radius 3 is 2.27 bits per heavy atom. The van der Waals surface area contributed by atoms with Gasteiger partial charge in [-0.25, -0.2) is 0 Å². The van der Waals surface area contributed by atoms with Gasteiger partial charge in [0.1, 0.15) is 0 Å². The van der Waals surface area contributed by atoms with Crippen LogP contribution in [0.15, 0.2) is 5.29 Å². The zero-order valence-corrected chi connectivity index (χ0v) is 6.95. The molecule has 4 heteroatoms. The van der Waals surface area contributed by atoms with E-state index in [-0.39, 0.29) is 0 Å². The van der Waals surface area contributed by atoms with Crippen LogP contribution in [0.4, 0.5) is 0 Å². The van der Waals surface area contributed by atoms with Gasteiger partial charge in [0.15, 0.2) is 0 Å². The molecule has 0 radical (unpaired) electrons. The zero-order chi connectivity index (χ0) is 8.53. The van der Waals surface area contributed by atoms with Gasteiger partial charge in [-0.1, -0.05) is 13.3 Å². The molecule has 1 fully saturated rings. The summed E-state index contributed by atoms with van der Waals surface area (Å²) in [6, 6.07) is 0. The molecule has 0 aromatic heterocycles. The third-order valence-corrected chi connectivity index (χ3v) is 1.92. The molecular formula is C7H16N2O2. The molecule has 66 valence electrons. The van der Waals surface area contributed by atoms with E-state index in [9.17, 15) is 0 Å². The monoisotopic (exact) mass is 160 g/mol. The largest absolute Gasteiger partial charge is 0.381 e. The first kappa shape index (κ1) is 10.4. The van der Waals surface area contributed by atoms with Crippen LogP contribution in [0.5, 0.6) is 0 Å². The first-order chi connectivity index (χ1) is 5.35. The topological polar surface area (TPSA) is 64.7 Å². The van der Waals surface area contributed by atoms with Crippen LogP contribution < -0.4 is 5.84 Å². The van der Waals surface area contributed by atoms with Crippen molar-refractivity contribution in [1.82, 2.24) is 0 Å². The molecule has 0 amide bonds. The molecule has 0 saturated carbocycles. The molecule has 0 aromatic carbocycles. The molecule has 1 rings (SSSR count). The number of nitrogens with two attached hydrogens (primary N) is 1. The van der Waals surface area contributed by atoms with Crippen LogP contribution in [0.1, 0.15) is 26.2 Å². The van der Waals surface area contributed by atoms with Crippen LogP contribution in [0.2, 0.25) is 0 Å². The molecule has 0 bridgehead atoms. The second-order valence-corrected chi connectivity index (χ2v) is 2.57. The van der Waals surface area contributed by atoms with E-state index < -0.39 is 0 Å². The van der Waals surface area contributed by atoms with E-state index in [2.05, 4.69) is 12.8 Å². The Bertz CT molecular complexity index is 92.4. The Kier molecular flexibility index (Phi) is 7.03. The molecule has 11 heavy (non-hydrogen) atoms. The number of nitrogens with zero attached hydrogens (tertiary/aromatic N) is 1. The fraction of sp³-hybridized carbons (Fsp3) is 1.00. The number of nitroso groups, excluding NO2 is 1. The number of hydrogen-bond acceptors (Lipinski definition) is 3. The normalized spacial score (nSPS) is 18.3. The SMILES string of the molecule is CCC1CCOCC1.NN=O. The second kappa shape index (κ2) is 7.47. The first-order valence-electron chi connectivity index (χ1n) is 3.95. The summed E-state index contributed by atoms with van der Waals surface area (Å²) in [6.45, 7) is 4.26. The van der Waals surface area contributed by atoms with Crippen LogP contribution >= 0.6 is 0 Å². The van der Waals surface area contributed by atoms with Crippen molar-refractivity contribution in [3.8, 4) is 0 Å². The predicted molar refractivity (Wildman–Crippen MR) is 43.8 cm³/mol. The lowest BCUT2D eigenvalue weighted by atomic mass is 9.98. The Balaban J connectivity index is 0.000000292. The molecule has 1 saturated heterocycles. The molecule has 4 nitrogen and oxygen atoms in total. The van der Waals surface area contributed by atoms with Gasteiger partial charge < -0.3 is 4.74 Å². The lowest BCUT2D eigenvalue weighted by Crippen LogP contribution is -2.14. The second-order valence-electron chi connectivity index (χ2n) is 2.57. The average molecular weight is 160 g/mol. The highest BCUT2D eigenvalue weighted by Gasteiger charge is 2.09. The van der Waals surface area contributed by atoms with Crippen molar-refractivity contribution in [3.63, 3.8) is 0 Å². The van der Waals surface area contributed by atoms with Crippen molar-refractivity contribution >= 4 is 0 Å². The minimum Gasteiger partial charge on any atom is -0.381 e. The average Bonchev–Trinajstić information content (AvgIpc) is 2.08. The van der Waals surface area contributed by atoms with Gasteiger partial charge in [-0.05, 0) is 18.8 Å². The van der Waals surface area contributed by atoms with E-state index >= 15 is 0 Å². The van der Waals surface area contributed by atoms with Crippen LogP contribution in [0.3, 0.4) is 0 Å². The molecule has 0 aromatic rings. The molecule has 1 aliphatic rings. The Hall–Kier alpha value is -0.640. The molecule has 0 atom stereocenters. The maximum atomic E-state index is 8.33. The van der Waals surface area contributed by atoms with Gasteiger partial charge in [0.05, 0.1) is 0 Å². The highest BCUT2D eigenvalue weighted by atomic mass is 16.5. The van der Waals surface area contributed by atoms with E-state index in [1.807, 2.05) is 0 Å². The third kappa shape index (κ3) is 5.79. The van der Waals surface area contributed by atoms with Gasteiger partial charge in [-0.15, -0.1) is 4.91 Å². The molecule has 1 heterocycles. The minimum atomic E-state index is 0.962. The summed E-state index contributed by atoms with van der Waals surface area (Å²) in [5.74, 6) is 4.88. The summed E-state index contributed by atoms with van der Waals surface area (Å²) in [4.78, 5) is 8.33. The van der Waals surface area contributed by atoms with E-state index in [4.69, 9.17) is 9.64 Å². The molecular weight excluding hydrogens is 144 g/mol. The van der Waals surface area contributed by atoms with Gasteiger partial charge in [-0.3, -0.25) is 5.84 Å². The summed E-state index contributed by atoms with van der Waals surface area (Å²) in [6.07, 6.45) is 3.91. The van der Waals surface area contributed by atoms with Crippen molar-refractivity contribution in [2.24, 2.45) is 17.0 Å². The zero-order valence-electron chi connectivity index (χ0n) is 6.95. The Labute approximate surface area is 67.0 Å². The summed E-state index contributed by atoms with van der Waals surface area (Å²) in [5.41, 5.74) is 0. The molecule has 1 aliphatic heterocycles. The lowest BCUT2D eigenvalue weighted by Gasteiger charge is -2.19. The fourth-order valence-electron chi connectivity index (χ4n) is 1.15. The number of hydrogen-bond donors (Lipinski definition) is 1. The Morgan fingerprint density at radius 1 is 1.55 bits per heavy atom. The van der Waals surface area contributed by atoms with Crippen molar-refractivity contribution in [2.45, 2.75) is 26.2 Å². The van der Waals surface area contributed by atoms with E-state index in [1.165, 1.54) is 19.3 Å². The minimum absolute atomic E-state index is 0.962. The van der Waals surface area contributed by atoms with Crippen LogP contribution in [0.25, 0.3) is 0 Å².